The van der Waals surface area contributed by atoms with Gasteiger partial charge in [0.15, 0.2) is 0 Å². The third-order valence-corrected chi connectivity index (χ3v) is 3.36. The van der Waals surface area contributed by atoms with Crippen molar-refractivity contribution in [2.75, 3.05) is 0 Å². The molecule has 0 fully saturated rings. The Bertz CT molecular complexity index is 437. The highest BCUT2D eigenvalue weighted by Gasteiger charge is 2.26. The molecule has 1 atom stereocenters. The molecule has 0 aromatic carbocycles. The van der Waals surface area contributed by atoms with Gasteiger partial charge in [-0.25, -0.2) is 0 Å². The predicted molar refractivity (Wildman–Crippen MR) is 65.7 cm³/mol. The van der Waals surface area contributed by atoms with Gasteiger partial charge in [0.25, 0.3) is 5.91 Å². The standard InChI is InChI=1S/C11H16N4OS/c1-4-6-8-9(17-15-14-8)10(16)13-11(3,5-2)7-12/h4-6H2,1-3H3,(H,13,16). The summed E-state index contributed by atoms with van der Waals surface area (Å²) in [5.74, 6) is -0.255. The molecule has 0 saturated carbocycles. The van der Waals surface area contributed by atoms with Crippen LogP contribution in [0.25, 0.3) is 0 Å². The fourth-order valence-corrected chi connectivity index (χ4v) is 1.89. The second-order valence-electron chi connectivity index (χ2n) is 4.05. The van der Waals surface area contributed by atoms with Crippen LogP contribution >= 0.6 is 11.5 Å². The van der Waals surface area contributed by atoms with Crippen LogP contribution in [0.15, 0.2) is 0 Å². The van der Waals surface area contributed by atoms with Gasteiger partial charge in [-0.3, -0.25) is 4.79 Å². The second-order valence-corrected chi connectivity index (χ2v) is 4.80. The zero-order valence-corrected chi connectivity index (χ0v) is 11.1. The van der Waals surface area contributed by atoms with Gasteiger partial charge in [-0.05, 0) is 31.3 Å². The molecule has 5 nitrogen and oxygen atoms in total. The number of rotatable bonds is 5. The van der Waals surface area contributed by atoms with E-state index in [-0.39, 0.29) is 5.91 Å². The van der Waals surface area contributed by atoms with E-state index in [9.17, 15) is 4.79 Å². The average molecular weight is 252 g/mol. The van der Waals surface area contributed by atoms with Gasteiger partial charge < -0.3 is 5.32 Å². The fourth-order valence-electron chi connectivity index (χ4n) is 1.28. The second kappa shape index (κ2) is 5.73. The summed E-state index contributed by atoms with van der Waals surface area (Å²) in [5, 5.41) is 15.7. The Morgan fingerprint density at radius 2 is 2.29 bits per heavy atom. The van der Waals surface area contributed by atoms with Crippen molar-refractivity contribution in [1.29, 1.82) is 5.26 Å². The molecule has 0 aliphatic rings. The van der Waals surface area contributed by atoms with Crippen molar-refractivity contribution in [3.63, 3.8) is 0 Å². The summed E-state index contributed by atoms with van der Waals surface area (Å²) < 4.78 is 3.79. The lowest BCUT2D eigenvalue weighted by Gasteiger charge is -2.20. The first-order valence-electron chi connectivity index (χ1n) is 5.61. The Morgan fingerprint density at radius 1 is 1.59 bits per heavy atom. The first-order chi connectivity index (χ1) is 8.06. The van der Waals surface area contributed by atoms with Crippen LogP contribution in [-0.4, -0.2) is 21.0 Å². The number of hydrogen-bond acceptors (Lipinski definition) is 5. The molecular formula is C11H16N4OS. The average Bonchev–Trinajstić information content (AvgIpc) is 2.77. The summed E-state index contributed by atoms with van der Waals surface area (Å²) in [6, 6.07) is 2.10. The van der Waals surface area contributed by atoms with E-state index in [1.165, 1.54) is 0 Å². The molecule has 1 unspecified atom stereocenters. The molecule has 0 bridgehead atoms. The molecule has 1 heterocycles. The number of amides is 1. The largest absolute Gasteiger partial charge is 0.333 e. The summed E-state index contributed by atoms with van der Waals surface area (Å²) in [5.41, 5.74) is -0.115. The van der Waals surface area contributed by atoms with Crippen LogP contribution in [0.4, 0.5) is 0 Å². The summed E-state index contributed by atoms with van der Waals surface area (Å²) in [6.07, 6.45) is 2.20. The topological polar surface area (TPSA) is 78.7 Å². The lowest BCUT2D eigenvalue weighted by molar-refractivity contribution is 0.0926. The van der Waals surface area contributed by atoms with Crippen molar-refractivity contribution in [2.24, 2.45) is 0 Å². The lowest BCUT2D eigenvalue weighted by Crippen LogP contribution is -2.44. The Kier molecular flexibility index (Phi) is 4.58. The third-order valence-electron chi connectivity index (χ3n) is 2.59. The molecule has 0 aliphatic heterocycles. The van der Waals surface area contributed by atoms with Gasteiger partial charge in [0.05, 0.1) is 11.8 Å². The Labute approximate surface area is 105 Å². The van der Waals surface area contributed by atoms with Gasteiger partial charge in [0.2, 0.25) is 0 Å². The van der Waals surface area contributed by atoms with Crippen LogP contribution in [-0.2, 0) is 6.42 Å². The van der Waals surface area contributed by atoms with E-state index < -0.39 is 5.54 Å². The number of carbonyl (C=O) groups excluding carboxylic acids is 1. The molecule has 0 aliphatic carbocycles. The summed E-state index contributed by atoms with van der Waals surface area (Å²) in [6.45, 7) is 5.59. The van der Waals surface area contributed by atoms with Crippen molar-refractivity contribution in [1.82, 2.24) is 14.9 Å². The molecule has 92 valence electrons. The number of nitrogens with zero attached hydrogens (tertiary/aromatic N) is 3. The van der Waals surface area contributed by atoms with Crippen LogP contribution in [0.5, 0.6) is 0 Å². The smallest absolute Gasteiger partial charge is 0.266 e. The first-order valence-corrected chi connectivity index (χ1v) is 6.38. The van der Waals surface area contributed by atoms with Gasteiger partial charge >= 0.3 is 0 Å². The highest BCUT2D eigenvalue weighted by molar-refractivity contribution is 7.08. The fraction of sp³-hybridized carbons (Fsp3) is 0.636. The van der Waals surface area contributed by atoms with Crippen molar-refractivity contribution < 1.29 is 4.79 Å². The molecule has 1 N–H and O–H groups in total. The third kappa shape index (κ3) is 3.24. The molecular weight excluding hydrogens is 236 g/mol. The SMILES string of the molecule is CCCc1nnsc1C(=O)NC(C)(C#N)CC. The van der Waals surface area contributed by atoms with E-state index in [2.05, 4.69) is 21.0 Å². The number of aromatic nitrogens is 2. The lowest BCUT2D eigenvalue weighted by atomic mass is 10.0. The maximum absolute atomic E-state index is 12.0. The maximum Gasteiger partial charge on any atom is 0.266 e. The number of nitrogens with one attached hydrogen (secondary N) is 1. The minimum absolute atomic E-state index is 0.255. The number of carbonyl (C=O) groups is 1. The number of hydrogen-bond donors (Lipinski definition) is 1. The molecule has 1 aromatic rings. The van der Waals surface area contributed by atoms with Crippen LogP contribution < -0.4 is 5.32 Å². The quantitative estimate of drug-likeness (QED) is 0.868. The van der Waals surface area contributed by atoms with Gasteiger partial charge in [-0.2, -0.15) is 5.26 Å². The van der Waals surface area contributed by atoms with E-state index in [0.29, 0.717) is 17.0 Å². The number of nitriles is 1. The van der Waals surface area contributed by atoms with Gasteiger partial charge in [0, 0.05) is 0 Å². The Balaban J connectivity index is 2.83. The molecule has 0 saturated heterocycles. The summed E-state index contributed by atoms with van der Waals surface area (Å²) >= 11 is 1.08. The van der Waals surface area contributed by atoms with Crippen molar-refractivity contribution in [3.8, 4) is 6.07 Å². The summed E-state index contributed by atoms with van der Waals surface area (Å²) in [7, 11) is 0. The molecule has 1 amide bonds. The Hall–Kier alpha value is -1.48. The van der Waals surface area contributed by atoms with E-state index in [4.69, 9.17) is 5.26 Å². The zero-order chi connectivity index (χ0) is 12.9. The Morgan fingerprint density at radius 3 is 2.82 bits per heavy atom. The minimum Gasteiger partial charge on any atom is -0.333 e. The normalized spacial score (nSPS) is 13.8. The molecule has 6 heteroatoms. The number of aryl methyl sites for hydroxylation is 1. The van der Waals surface area contributed by atoms with Crippen LogP contribution in [0.2, 0.25) is 0 Å². The van der Waals surface area contributed by atoms with Crippen LogP contribution in [0, 0.1) is 11.3 Å². The maximum atomic E-state index is 12.0. The van der Waals surface area contributed by atoms with Gasteiger partial charge in [-0.1, -0.05) is 24.8 Å². The molecule has 1 rings (SSSR count). The highest BCUT2D eigenvalue weighted by Crippen LogP contribution is 2.15. The zero-order valence-electron chi connectivity index (χ0n) is 10.3. The van der Waals surface area contributed by atoms with Crippen molar-refractivity contribution >= 4 is 17.4 Å². The molecule has 1 aromatic heterocycles. The van der Waals surface area contributed by atoms with Crippen molar-refractivity contribution in [2.45, 2.75) is 45.6 Å². The first kappa shape index (κ1) is 13.6. The van der Waals surface area contributed by atoms with E-state index in [1.54, 1.807) is 6.92 Å². The summed E-state index contributed by atoms with van der Waals surface area (Å²) in [4.78, 5) is 12.5. The van der Waals surface area contributed by atoms with E-state index >= 15 is 0 Å². The van der Waals surface area contributed by atoms with E-state index in [0.717, 1.165) is 24.4 Å². The molecule has 0 radical (unpaired) electrons. The minimum atomic E-state index is -0.829. The van der Waals surface area contributed by atoms with Crippen LogP contribution in [0.3, 0.4) is 0 Å². The molecule has 0 spiro atoms. The monoisotopic (exact) mass is 252 g/mol. The van der Waals surface area contributed by atoms with Gasteiger partial charge in [0.1, 0.15) is 10.4 Å². The van der Waals surface area contributed by atoms with Crippen molar-refractivity contribution in [3.05, 3.63) is 10.6 Å². The predicted octanol–water partition coefficient (Wildman–Crippen LogP) is 1.91. The van der Waals surface area contributed by atoms with Crippen LogP contribution in [0.1, 0.15) is 49.0 Å². The highest BCUT2D eigenvalue weighted by atomic mass is 32.1. The molecule has 17 heavy (non-hydrogen) atoms. The van der Waals surface area contributed by atoms with Gasteiger partial charge in [-0.15, -0.1) is 5.10 Å². The van der Waals surface area contributed by atoms with E-state index in [1.807, 2.05) is 13.8 Å².